The van der Waals surface area contributed by atoms with Crippen LogP contribution in [0.2, 0.25) is 0 Å². The fraction of sp³-hybridized carbons (Fsp3) is 0.308. The van der Waals surface area contributed by atoms with E-state index in [1.807, 2.05) is 6.92 Å². The van der Waals surface area contributed by atoms with Gasteiger partial charge in [-0.25, -0.2) is 4.79 Å². The van der Waals surface area contributed by atoms with Crippen molar-refractivity contribution in [1.82, 2.24) is 0 Å². The number of guanidine groups is 1. The van der Waals surface area contributed by atoms with Crippen molar-refractivity contribution in [3.63, 3.8) is 0 Å². The number of carbonyl (C=O) groups is 1. The van der Waals surface area contributed by atoms with Gasteiger partial charge in [0.2, 0.25) is 5.96 Å². The molecule has 0 unspecified atom stereocenters. The lowest BCUT2D eigenvalue weighted by molar-refractivity contribution is -0.142. The molecule has 4 N–H and O–H groups in total. The number of halogens is 2. The zero-order valence-corrected chi connectivity index (χ0v) is 15.7. The van der Waals surface area contributed by atoms with Crippen molar-refractivity contribution in [2.75, 3.05) is 20.3 Å². The molecule has 23 heavy (non-hydrogen) atoms. The van der Waals surface area contributed by atoms with Crippen LogP contribution in [0.4, 0.5) is 0 Å². The summed E-state index contributed by atoms with van der Waals surface area (Å²) in [6.07, 6.45) is 1.45. The van der Waals surface area contributed by atoms with E-state index in [9.17, 15) is 4.79 Å². The highest BCUT2D eigenvalue weighted by molar-refractivity contribution is 9.13. The van der Waals surface area contributed by atoms with Gasteiger partial charge in [0.25, 0.3) is 0 Å². The predicted molar refractivity (Wildman–Crippen MR) is 93.9 cm³/mol. The lowest BCUT2D eigenvalue weighted by Crippen LogP contribution is -2.21. The Morgan fingerprint density at radius 1 is 1.30 bits per heavy atom. The van der Waals surface area contributed by atoms with E-state index < -0.39 is 5.97 Å². The van der Waals surface area contributed by atoms with E-state index in [1.54, 1.807) is 6.07 Å². The number of carbonyl (C=O) groups excluding carboxylic acids is 1. The Kier molecular flexibility index (Phi) is 7.83. The molecule has 0 fully saturated rings. The number of nitrogens with zero attached hydrogens (tertiary/aromatic N) is 2. The van der Waals surface area contributed by atoms with Crippen LogP contribution < -0.4 is 20.9 Å². The Bertz CT molecular complexity index is 631. The van der Waals surface area contributed by atoms with Gasteiger partial charge >= 0.3 is 5.97 Å². The smallest absolute Gasteiger partial charge is 0.343 e. The lowest BCUT2D eigenvalue weighted by atomic mass is 10.2. The average Bonchev–Trinajstić information content (AvgIpc) is 2.51. The molecule has 0 bridgehead atoms. The maximum Gasteiger partial charge on any atom is 0.343 e. The highest BCUT2D eigenvalue weighted by Gasteiger charge is 2.18. The second-order valence-corrected chi connectivity index (χ2v) is 5.57. The minimum Gasteiger partial charge on any atom is -0.490 e. The summed E-state index contributed by atoms with van der Waals surface area (Å²) in [7, 11) is 1.28. The number of hydrogen-bond donors (Lipinski definition) is 2. The van der Waals surface area contributed by atoms with Crippen LogP contribution in [0, 0.1) is 0 Å². The number of hydrogen-bond acceptors (Lipinski definition) is 6. The van der Waals surface area contributed by atoms with E-state index in [0.717, 1.165) is 0 Å². The van der Waals surface area contributed by atoms with Crippen molar-refractivity contribution in [2.24, 2.45) is 21.7 Å². The average molecular weight is 452 g/mol. The quantitative estimate of drug-likeness (QED) is 0.282. The fourth-order valence-electron chi connectivity index (χ4n) is 1.44. The molecule has 0 aliphatic carbocycles. The van der Waals surface area contributed by atoms with Gasteiger partial charge in [-0.3, -0.25) is 0 Å². The Hall–Kier alpha value is -1.81. The molecule has 1 rings (SSSR count). The Morgan fingerprint density at radius 3 is 2.57 bits per heavy atom. The summed E-state index contributed by atoms with van der Waals surface area (Å²) in [6.45, 7) is 1.99. The second-order valence-electron chi connectivity index (χ2n) is 3.99. The molecular formula is C13H16Br2N4O4. The van der Waals surface area contributed by atoms with Crippen LogP contribution in [-0.2, 0) is 9.53 Å². The van der Waals surface area contributed by atoms with Crippen LogP contribution in [0.5, 0.6) is 11.5 Å². The van der Waals surface area contributed by atoms with Crippen LogP contribution in [0.25, 0.3) is 0 Å². The van der Waals surface area contributed by atoms with E-state index in [1.165, 1.54) is 13.3 Å². The van der Waals surface area contributed by atoms with Crippen molar-refractivity contribution in [3.8, 4) is 11.5 Å². The predicted octanol–water partition coefficient (Wildman–Crippen LogP) is 1.77. The minimum absolute atomic E-state index is 0.153. The van der Waals surface area contributed by atoms with Crippen LogP contribution >= 0.6 is 31.9 Å². The summed E-state index contributed by atoms with van der Waals surface area (Å²) < 4.78 is 16.7. The molecule has 0 atom stereocenters. The van der Waals surface area contributed by atoms with Gasteiger partial charge in [-0.2, -0.15) is 5.10 Å². The molecule has 1 aromatic carbocycles. The first kappa shape index (κ1) is 19.2. The number of esters is 1. The highest BCUT2D eigenvalue weighted by atomic mass is 79.9. The zero-order valence-electron chi connectivity index (χ0n) is 12.5. The summed E-state index contributed by atoms with van der Waals surface area (Å²) in [5.41, 5.74) is 11.1. The van der Waals surface area contributed by atoms with Crippen molar-refractivity contribution >= 4 is 50.0 Å². The summed E-state index contributed by atoms with van der Waals surface area (Å²) in [5.74, 6) is 0.133. The molecule has 0 amide bonds. The molecule has 0 spiro atoms. The topological polar surface area (TPSA) is 122 Å². The first-order valence-electron chi connectivity index (χ1n) is 6.37. The molecule has 0 aliphatic rings. The van der Waals surface area contributed by atoms with E-state index in [0.29, 0.717) is 32.6 Å². The molecule has 0 aliphatic heterocycles. The monoisotopic (exact) mass is 450 g/mol. The molecular weight excluding hydrogens is 436 g/mol. The van der Waals surface area contributed by atoms with Crippen LogP contribution in [0.3, 0.4) is 0 Å². The van der Waals surface area contributed by atoms with Gasteiger partial charge in [0.1, 0.15) is 0 Å². The van der Waals surface area contributed by atoms with Gasteiger partial charge < -0.3 is 25.7 Å². The molecule has 126 valence electrons. The van der Waals surface area contributed by atoms with E-state index in [4.69, 9.17) is 20.9 Å². The van der Waals surface area contributed by atoms with Crippen molar-refractivity contribution in [2.45, 2.75) is 6.92 Å². The van der Waals surface area contributed by atoms with E-state index in [2.05, 4.69) is 46.8 Å². The van der Waals surface area contributed by atoms with Crippen LogP contribution in [0.1, 0.15) is 12.5 Å². The maximum absolute atomic E-state index is 11.2. The van der Waals surface area contributed by atoms with Crippen molar-refractivity contribution in [3.05, 3.63) is 20.6 Å². The summed E-state index contributed by atoms with van der Waals surface area (Å²) in [6, 6.07) is 1.68. The minimum atomic E-state index is -0.506. The van der Waals surface area contributed by atoms with Crippen LogP contribution in [0.15, 0.2) is 25.2 Å². The SMILES string of the molecule is CCOc1cc(C=NN=C(N)N)c(Br)c(Br)c1OCC(=O)OC. The molecule has 0 radical (unpaired) electrons. The fourth-order valence-corrected chi connectivity index (χ4v) is 2.38. The van der Waals surface area contributed by atoms with Gasteiger partial charge in [-0.1, -0.05) is 0 Å². The van der Waals surface area contributed by atoms with Gasteiger partial charge in [-0.15, -0.1) is 5.10 Å². The van der Waals surface area contributed by atoms with Crippen LogP contribution in [-0.4, -0.2) is 38.5 Å². The molecule has 0 saturated heterocycles. The van der Waals surface area contributed by atoms with Gasteiger partial charge in [0.05, 0.1) is 24.4 Å². The van der Waals surface area contributed by atoms with E-state index >= 15 is 0 Å². The zero-order chi connectivity index (χ0) is 17.4. The largest absolute Gasteiger partial charge is 0.490 e. The molecule has 10 heteroatoms. The van der Waals surface area contributed by atoms with Gasteiger partial charge in [-0.05, 0) is 44.8 Å². The molecule has 0 heterocycles. The number of rotatable bonds is 7. The number of nitrogens with two attached hydrogens (primary N) is 2. The first-order valence-corrected chi connectivity index (χ1v) is 7.95. The molecule has 1 aromatic rings. The summed E-state index contributed by atoms with van der Waals surface area (Å²) in [5, 5.41) is 7.28. The maximum atomic E-state index is 11.2. The molecule has 8 nitrogen and oxygen atoms in total. The van der Waals surface area contributed by atoms with Crippen molar-refractivity contribution in [1.29, 1.82) is 0 Å². The summed E-state index contributed by atoms with van der Waals surface area (Å²) in [4.78, 5) is 11.2. The molecule has 0 saturated carbocycles. The third-order valence-corrected chi connectivity index (χ3v) is 4.53. The second kappa shape index (κ2) is 9.36. The van der Waals surface area contributed by atoms with Gasteiger partial charge in [0.15, 0.2) is 18.1 Å². The Labute approximate surface area is 150 Å². The normalized spacial score (nSPS) is 10.4. The molecule has 0 aromatic heterocycles. The van der Waals surface area contributed by atoms with Gasteiger partial charge in [0, 0.05) is 10.0 Å². The standard InChI is InChI=1S/C13H16Br2N4O4/c1-3-22-8-4-7(5-18-19-13(16)17)10(14)11(15)12(8)23-6-9(20)21-2/h4-5H,3,6H2,1-2H3,(H4,16,17,19). The Balaban J connectivity index is 3.21. The summed E-state index contributed by atoms with van der Waals surface area (Å²) >= 11 is 6.80. The number of ether oxygens (including phenoxy) is 3. The first-order chi connectivity index (χ1) is 10.9. The Morgan fingerprint density at radius 2 is 2.00 bits per heavy atom. The third-order valence-electron chi connectivity index (χ3n) is 2.39. The number of methoxy groups -OCH3 is 1. The number of benzene rings is 1. The third kappa shape index (κ3) is 5.71. The van der Waals surface area contributed by atoms with E-state index in [-0.39, 0.29) is 12.6 Å². The highest BCUT2D eigenvalue weighted by Crippen LogP contribution is 2.42. The lowest BCUT2D eigenvalue weighted by Gasteiger charge is -2.15. The van der Waals surface area contributed by atoms with Crippen molar-refractivity contribution < 1.29 is 19.0 Å².